The summed E-state index contributed by atoms with van der Waals surface area (Å²) in [4.78, 5) is 0. The van der Waals surface area contributed by atoms with Crippen molar-refractivity contribution in [2.24, 2.45) is 5.92 Å². The van der Waals surface area contributed by atoms with Crippen LogP contribution in [0.3, 0.4) is 0 Å². The summed E-state index contributed by atoms with van der Waals surface area (Å²) >= 11 is 0. The highest BCUT2D eigenvalue weighted by atomic mass is 16.5. The average molecular weight is 267 g/mol. The van der Waals surface area contributed by atoms with Crippen molar-refractivity contribution < 1.29 is 14.6 Å². The summed E-state index contributed by atoms with van der Waals surface area (Å²) in [6.07, 6.45) is 1.92. The number of hydrogen-bond donors (Lipinski definition) is 2. The lowest BCUT2D eigenvalue weighted by molar-refractivity contribution is 0.251. The van der Waals surface area contributed by atoms with Crippen LogP contribution in [0.1, 0.15) is 25.3 Å². The first-order valence-corrected chi connectivity index (χ1v) is 6.78. The zero-order valence-electron chi connectivity index (χ0n) is 12.1. The minimum Gasteiger partial charge on any atom is -0.493 e. The van der Waals surface area contributed by atoms with E-state index in [9.17, 15) is 0 Å². The van der Waals surface area contributed by atoms with E-state index in [4.69, 9.17) is 14.6 Å². The van der Waals surface area contributed by atoms with Crippen LogP contribution in [0, 0.1) is 5.92 Å². The summed E-state index contributed by atoms with van der Waals surface area (Å²) in [6.45, 7) is 4.04. The van der Waals surface area contributed by atoms with Crippen molar-refractivity contribution in [2.75, 3.05) is 27.4 Å². The van der Waals surface area contributed by atoms with Gasteiger partial charge in [0.05, 0.1) is 14.2 Å². The van der Waals surface area contributed by atoms with Gasteiger partial charge in [0.2, 0.25) is 0 Å². The standard InChI is InChI=1S/C15H25NO3/c1-4-12(8-9-17)10-16-11-13-6-5-7-14(18-2)15(13)19-3/h5-7,12,16-17H,4,8-11H2,1-3H3. The van der Waals surface area contributed by atoms with Crippen LogP contribution in [0.2, 0.25) is 0 Å². The Labute approximate surface area is 115 Å². The molecule has 1 aromatic carbocycles. The average Bonchev–Trinajstić information content (AvgIpc) is 2.45. The van der Waals surface area contributed by atoms with Gasteiger partial charge in [0.25, 0.3) is 0 Å². The summed E-state index contributed by atoms with van der Waals surface area (Å²) in [5, 5.41) is 12.4. The number of rotatable bonds is 9. The highest BCUT2D eigenvalue weighted by Crippen LogP contribution is 2.30. The number of ether oxygens (including phenoxy) is 2. The molecule has 4 nitrogen and oxygen atoms in total. The predicted octanol–water partition coefficient (Wildman–Crippen LogP) is 2.20. The number of benzene rings is 1. The molecule has 0 aliphatic rings. The number of para-hydroxylation sites is 1. The smallest absolute Gasteiger partial charge is 0.165 e. The molecule has 0 radical (unpaired) electrons. The molecule has 0 spiro atoms. The van der Waals surface area contributed by atoms with E-state index in [1.54, 1.807) is 14.2 Å². The van der Waals surface area contributed by atoms with Crippen LogP contribution >= 0.6 is 0 Å². The van der Waals surface area contributed by atoms with Crippen molar-refractivity contribution in [1.82, 2.24) is 5.32 Å². The molecule has 0 saturated carbocycles. The van der Waals surface area contributed by atoms with Gasteiger partial charge >= 0.3 is 0 Å². The van der Waals surface area contributed by atoms with Crippen molar-refractivity contribution in [3.05, 3.63) is 23.8 Å². The molecule has 1 unspecified atom stereocenters. The number of aliphatic hydroxyl groups excluding tert-OH is 1. The summed E-state index contributed by atoms with van der Waals surface area (Å²) in [5.74, 6) is 2.05. The Bertz CT molecular complexity index is 368. The number of aliphatic hydroxyl groups is 1. The van der Waals surface area contributed by atoms with Gasteiger partial charge in [0, 0.05) is 18.7 Å². The topological polar surface area (TPSA) is 50.7 Å². The Morgan fingerprint density at radius 1 is 1.26 bits per heavy atom. The summed E-state index contributed by atoms with van der Waals surface area (Å²) in [6, 6.07) is 5.88. The van der Waals surface area contributed by atoms with E-state index in [1.807, 2.05) is 18.2 Å². The molecule has 108 valence electrons. The quantitative estimate of drug-likeness (QED) is 0.720. The molecule has 1 aromatic rings. The van der Waals surface area contributed by atoms with Gasteiger partial charge in [0.15, 0.2) is 11.5 Å². The van der Waals surface area contributed by atoms with Crippen LogP contribution in [-0.4, -0.2) is 32.5 Å². The Balaban J connectivity index is 2.57. The number of methoxy groups -OCH3 is 2. The molecule has 0 amide bonds. The first-order chi connectivity index (χ1) is 9.26. The first-order valence-electron chi connectivity index (χ1n) is 6.78. The molecule has 4 heteroatoms. The van der Waals surface area contributed by atoms with Gasteiger partial charge in [-0.05, 0) is 24.9 Å². The van der Waals surface area contributed by atoms with Crippen LogP contribution in [0.25, 0.3) is 0 Å². The van der Waals surface area contributed by atoms with E-state index in [1.165, 1.54) is 0 Å². The van der Waals surface area contributed by atoms with Crippen LogP contribution in [0.15, 0.2) is 18.2 Å². The lowest BCUT2D eigenvalue weighted by Crippen LogP contribution is -2.23. The molecule has 0 saturated heterocycles. The van der Waals surface area contributed by atoms with Gasteiger partial charge in [-0.1, -0.05) is 25.5 Å². The molecule has 0 bridgehead atoms. The van der Waals surface area contributed by atoms with Crippen molar-refractivity contribution in [3.63, 3.8) is 0 Å². The zero-order chi connectivity index (χ0) is 14.1. The zero-order valence-corrected chi connectivity index (χ0v) is 12.1. The number of hydrogen-bond acceptors (Lipinski definition) is 4. The molecule has 0 heterocycles. The molecule has 19 heavy (non-hydrogen) atoms. The fraction of sp³-hybridized carbons (Fsp3) is 0.600. The fourth-order valence-corrected chi connectivity index (χ4v) is 2.14. The highest BCUT2D eigenvalue weighted by molar-refractivity contribution is 5.46. The maximum Gasteiger partial charge on any atom is 0.165 e. The van der Waals surface area contributed by atoms with Crippen LogP contribution in [0.5, 0.6) is 11.5 Å². The van der Waals surface area contributed by atoms with E-state index in [2.05, 4.69) is 12.2 Å². The highest BCUT2D eigenvalue weighted by Gasteiger charge is 2.10. The van der Waals surface area contributed by atoms with Crippen molar-refractivity contribution in [1.29, 1.82) is 0 Å². The Morgan fingerprint density at radius 2 is 2.05 bits per heavy atom. The molecule has 0 aliphatic heterocycles. The lowest BCUT2D eigenvalue weighted by Gasteiger charge is -2.16. The van der Waals surface area contributed by atoms with Gasteiger partial charge < -0.3 is 19.9 Å². The summed E-state index contributed by atoms with van der Waals surface area (Å²) in [7, 11) is 3.30. The van der Waals surface area contributed by atoms with Gasteiger partial charge in [0.1, 0.15) is 0 Å². The normalized spacial score (nSPS) is 12.2. The summed E-state index contributed by atoms with van der Waals surface area (Å²) < 4.78 is 10.7. The molecule has 0 aromatic heterocycles. The molecule has 2 N–H and O–H groups in total. The van der Waals surface area contributed by atoms with E-state index >= 15 is 0 Å². The van der Waals surface area contributed by atoms with Gasteiger partial charge in [-0.15, -0.1) is 0 Å². The monoisotopic (exact) mass is 267 g/mol. The van der Waals surface area contributed by atoms with Crippen molar-refractivity contribution >= 4 is 0 Å². The maximum atomic E-state index is 8.97. The van der Waals surface area contributed by atoms with Gasteiger partial charge in [-0.2, -0.15) is 0 Å². The first kappa shape index (κ1) is 15.8. The second-order valence-electron chi connectivity index (χ2n) is 4.57. The molecule has 0 fully saturated rings. The fourth-order valence-electron chi connectivity index (χ4n) is 2.14. The second kappa shape index (κ2) is 8.77. The largest absolute Gasteiger partial charge is 0.493 e. The van der Waals surface area contributed by atoms with Crippen LogP contribution in [0.4, 0.5) is 0 Å². The summed E-state index contributed by atoms with van der Waals surface area (Å²) in [5.41, 5.74) is 1.08. The van der Waals surface area contributed by atoms with E-state index in [0.717, 1.165) is 43.0 Å². The Hall–Kier alpha value is -1.26. The minimum absolute atomic E-state index is 0.253. The van der Waals surface area contributed by atoms with E-state index in [0.29, 0.717) is 5.92 Å². The van der Waals surface area contributed by atoms with Crippen LogP contribution < -0.4 is 14.8 Å². The minimum atomic E-state index is 0.253. The SMILES string of the molecule is CCC(CCO)CNCc1cccc(OC)c1OC. The van der Waals surface area contributed by atoms with Crippen molar-refractivity contribution in [2.45, 2.75) is 26.3 Å². The third kappa shape index (κ3) is 4.73. The third-order valence-corrected chi connectivity index (χ3v) is 3.35. The van der Waals surface area contributed by atoms with E-state index in [-0.39, 0.29) is 6.61 Å². The maximum absolute atomic E-state index is 8.97. The van der Waals surface area contributed by atoms with Crippen molar-refractivity contribution in [3.8, 4) is 11.5 Å². The van der Waals surface area contributed by atoms with Gasteiger partial charge in [-0.3, -0.25) is 0 Å². The number of nitrogens with one attached hydrogen (secondary N) is 1. The molecular formula is C15H25NO3. The third-order valence-electron chi connectivity index (χ3n) is 3.35. The Morgan fingerprint density at radius 3 is 2.63 bits per heavy atom. The molecule has 1 rings (SSSR count). The molecular weight excluding hydrogens is 242 g/mol. The molecule has 0 aliphatic carbocycles. The van der Waals surface area contributed by atoms with Gasteiger partial charge in [-0.25, -0.2) is 0 Å². The molecule has 1 atom stereocenters. The predicted molar refractivity (Wildman–Crippen MR) is 76.7 cm³/mol. The van der Waals surface area contributed by atoms with Crippen LogP contribution in [-0.2, 0) is 6.54 Å². The second-order valence-corrected chi connectivity index (χ2v) is 4.57. The van der Waals surface area contributed by atoms with E-state index < -0.39 is 0 Å². The Kier molecular flexibility index (Phi) is 7.30. The lowest BCUT2D eigenvalue weighted by atomic mass is 10.0.